The number of hydrogen-bond acceptors (Lipinski definition) is 4. The van der Waals surface area contributed by atoms with Gasteiger partial charge in [-0.05, 0) is 49.4 Å². The lowest BCUT2D eigenvalue weighted by Gasteiger charge is -2.16. The Balaban J connectivity index is 1.76. The highest BCUT2D eigenvalue weighted by Gasteiger charge is 2.17. The van der Waals surface area contributed by atoms with Crippen molar-refractivity contribution in [2.24, 2.45) is 0 Å². The second kappa shape index (κ2) is 9.66. The van der Waals surface area contributed by atoms with Crippen LogP contribution in [0.3, 0.4) is 0 Å². The first kappa shape index (κ1) is 20.4. The maximum absolute atomic E-state index is 12.0. The van der Waals surface area contributed by atoms with Crippen LogP contribution in [-0.2, 0) is 9.59 Å². The van der Waals surface area contributed by atoms with Crippen LogP contribution in [0.4, 0.5) is 0 Å². The first-order chi connectivity index (χ1) is 12.3. The predicted octanol–water partition coefficient (Wildman–Crippen LogP) is 3.75. The summed E-state index contributed by atoms with van der Waals surface area (Å²) in [5, 5.41) is 0.738. The number of hydrogen-bond donors (Lipinski definition) is 2. The molecule has 2 aromatic rings. The van der Waals surface area contributed by atoms with E-state index in [9.17, 15) is 9.59 Å². The van der Waals surface area contributed by atoms with Crippen molar-refractivity contribution in [3.63, 3.8) is 0 Å². The number of ether oxygens (including phenoxy) is 2. The van der Waals surface area contributed by atoms with Gasteiger partial charge in [0.1, 0.15) is 11.5 Å². The monoisotopic (exact) mass is 460 g/mol. The lowest BCUT2D eigenvalue weighted by molar-refractivity contribution is -0.133. The summed E-state index contributed by atoms with van der Waals surface area (Å²) in [6.07, 6.45) is -0.888. The summed E-state index contributed by atoms with van der Waals surface area (Å²) in [5.74, 6) is -0.224. The summed E-state index contributed by atoms with van der Waals surface area (Å²) < 4.78 is 11.6. The van der Waals surface area contributed by atoms with Crippen molar-refractivity contribution >= 4 is 50.9 Å². The Morgan fingerprint density at radius 2 is 1.81 bits per heavy atom. The SMILES string of the molecule is CC(Oc1ccc(Cl)cc1Cl)C(=O)NNC(=O)COc1ccc(Br)cc1. The highest BCUT2D eigenvalue weighted by Crippen LogP contribution is 2.28. The minimum Gasteiger partial charge on any atom is -0.484 e. The van der Waals surface area contributed by atoms with Crippen LogP contribution >= 0.6 is 39.1 Å². The standard InChI is InChI=1S/C17H15BrCl2N2O4/c1-10(26-15-7-4-12(19)8-14(15)20)17(24)22-21-16(23)9-25-13-5-2-11(18)3-6-13/h2-8,10H,9H2,1H3,(H,21,23)(H,22,24). The fourth-order valence-corrected chi connectivity index (χ4v) is 2.48. The molecule has 0 heterocycles. The predicted molar refractivity (Wildman–Crippen MR) is 102 cm³/mol. The molecule has 0 radical (unpaired) electrons. The maximum Gasteiger partial charge on any atom is 0.279 e. The van der Waals surface area contributed by atoms with Gasteiger partial charge in [-0.25, -0.2) is 0 Å². The highest BCUT2D eigenvalue weighted by molar-refractivity contribution is 9.10. The third kappa shape index (κ3) is 6.40. The topological polar surface area (TPSA) is 76.7 Å². The summed E-state index contributed by atoms with van der Waals surface area (Å²) in [6, 6.07) is 11.6. The van der Waals surface area contributed by atoms with Crippen molar-refractivity contribution < 1.29 is 19.1 Å². The molecule has 0 bridgehead atoms. The molecule has 26 heavy (non-hydrogen) atoms. The zero-order valence-electron chi connectivity index (χ0n) is 13.6. The number of halogens is 3. The van der Waals surface area contributed by atoms with Gasteiger partial charge < -0.3 is 9.47 Å². The molecule has 0 aromatic heterocycles. The Kier molecular flexibility index (Phi) is 7.56. The molecule has 0 aliphatic carbocycles. The Morgan fingerprint density at radius 1 is 1.12 bits per heavy atom. The molecule has 2 amide bonds. The smallest absolute Gasteiger partial charge is 0.279 e. The molecule has 0 saturated carbocycles. The van der Waals surface area contributed by atoms with Gasteiger partial charge in [0.15, 0.2) is 12.7 Å². The van der Waals surface area contributed by atoms with Gasteiger partial charge in [0.25, 0.3) is 11.8 Å². The molecule has 0 fully saturated rings. The van der Waals surface area contributed by atoms with Crippen molar-refractivity contribution in [1.29, 1.82) is 0 Å². The first-order valence-electron chi connectivity index (χ1n) is 7.44. The third-order valence-corrected chi connectivity index (χ3v) is 4.13. The number of rotatable bonds is 6. The number of amides is 2. The molecular formula is C17H15BrCl2N2O4. The van der Waals surface area contributed by atoms with Crippen LogP contribution < -0.4 is 20.3 Å². The minimum atomic E-state index is -0.888. The lowest BCUT2D eigenvalue weighted by atomic mass is 10.3. The third-order valence-electron chi connectivity index (χ3n) is 3.08. The molecule has 1 atom stereocenters. The Morgan fingerprint density at radius 3 is 2.46 bits per heavy atom. The second-order valence-electron chi connectivity index (χ2n) is 5.11. The van der Waals surface area contributed by atoms with Crippen LogP contribution in [0.15, 0.2) is 46.9 Å². The maximum atomic E-state index is 12.0. The molecular weight excluding hydrogens is 447 g/mol. The summed E-state index contributed by atoms with van der Waals surface area (Å²) in [4.78, 5) is 23.7. The molecule has 1 unspecified atom stereocenters. The largest absolute Gasteiger partial charge is 0.484 e. The van der Waals surface area contributed by atoms with Crippen molar-refractivity contribution in [3.8, 4) is 11.5 Å². The summed E-state index contributed by atoms with van der Waals surface area (Å²) in [6.45, 7) is 1.27. The Labute approximate surface area is 168 Å². The van der Waals surface area contributed by atoms with Crippen LogP contribution in [0.25, 0.3) is 0 Å². The van der Waals surface area contributed by atoms with E-state index in [1.54, 1.807) is 36.4 Å². The van der Waals surface area contributed by atoms with Gasteiger partial charge in [0, 0.05) is 9.50 Å². The van der Waals surface area contributed by atoms with Gasteiger partial charge in [-0.3, -0.25) is 20.4 Å². The molecule has 6 nitrogen and oxygen atoms in total. The van der Waals surface area contributed by atoms with E-state index in [4.69, 9.17) is 32.7 Å². The van der Waals surface area contributed by atoms with Crippen LogP contribution in [0.1, 0.15) is 6.92 Å². The molecule has 9 heteroatoms. The lowest BCUT2D eigenvalue weighted by Crippen LogP contribution is -2.48. The Hall–Kier alpha value is -1.96. The molecule has 2 aromatic carbocycles. The van der Waals surface area contributed by atoms with E-state index in [0.717, 1.165) is 4.47 Å². The zero-order chi connectivity index (χ0) is 19.1. The van der Waals surface area contributed by atoms with Crippen LogP contribution in [0, 0.1) is 0 Å². The molecule has 2 rings (SSSR count). The number of benzene rings is 2. The van der Waals surface area contributed by atoms with E-state index < -0.39 is 17.9 Å². The molecule has 0 spiro atoms. The van der Waals surface area contributed by atoms with E-state index in [-0.39, 0.29) is 11.6 Å². The van der Waals surface area contributed by atoms with Gasteiger partial charge in [-0.1, -0.05) is 39.1 Å². The summed E-state index contributed by atoms with van der Waals surface area (Å²) in [5.41, 5.74) is 4.51. The van der Waals surface area contributed by atoms with Gasteiger partial charge in [0.2, 0.25) is 0 Å². The van der Waals surface area contributed by atoms with Gasteiger partial charge in [-0.2, -0.15) is 0 Å². The first-order valence-corrected chi connectivity index (χ1v) is 8.99. The summed E-state index contributed by atoms with van der Waals surface area (Å²) >= 11 is 15.1. The number of nitrogens with one attached hydrogen (secondary N) is 2. The van der Waals surface area contributed by atoms with E-state index in [1.165, 1.54) is 13.0 Å². The highest BCUT2D eigenvalue weighted by atomic mass is 79.9. The van der Waals surface area contributed by atoms with Gasteiger partial charge in [-0.15, -0.1) is 0 Å². The molecule has 2 N–H and O–H groups in total. The van der Waals surface area contributed by atoms with E-state index in [2.05, 4.69) is 26.8 Å². The molecule has 0 aliphatic rings. The number of hydrazine groups is 1. The Bertz CT molecular complexity index is 787. The van der Waals surface area contributed by atoms with Crippen molar-refractivity contribution in [3.05, 3.63) is 57.0 Å². The van der Waals surface area contributed by atoms with Gasteiger partial charge in [0.05, 0.1) is 5.02 Å². The van der Waals surface area contributed by atoms with Crippen LogP contribution in [0.2, 0.25) is 10.0 Å². The van der Waals surface area contributed by atoms with Crippen LogP contribution in [0.5, 0.6) is 11.5 Å². The normalized spacial score (nSPS) is 11.4. The van der Waals surface area contributed by atoms with E-state index >= 15 is 0 Å². The fraction of sp³-hybridized carbons (Fsp3) is 0.176. The second-order valence-corrected chi connectivity index (χ2v) is 6.87. The average Bonchev–Trinajstić information content (AvgIpc) is 2.61. The minimum absolute atomic E-state index is 0.250. The number of carbonyl (C=O) groups is 2. The van der Waals surface area contributed by atoms with Crippen molar-refractivity contribution in [2.75, 3.05) is 6.61 Å². The quantitative estimate of drug-likeness (QED) is 0.642. The van der Waals surface area contributed by atoms with E-state index in [1.807, 2.05) is 0 Å². The number of carbonyl (C=O) groups excluding carboxylic acids is 2. The van der Waals surface area contributed by atoms with Crippen LogP contribution in [-0.4, -0.2) is 24.5 Å². The molecule has 0 aliphatic heterocycles. The average molecular weight is 462 g/mol. The van der Waals surface area contributed by atoms with Crippen molar-refractivity contribution in [1.82, 2.24) is 10.9 Å². The summed E-state index contributed by atoms with van der Waals surface area (Å²) in [7, 11) is 0. The zero-order valence-corrected chi connectivity index (χ0v) is 16.7. The molecule has 138 valence electrons. The van der Waals surface area contributed by atoms with E-state index in [0.29, 0.717) is 16.5 Å². The molecule has 0 saturated heterocycles. The van der Waals surface area contributed by atoms with Crippen molar-refractivity contribution in [2.45, 2.75) is 13.0 Å². The fourth-order valence-electron chi connectivity index (χ4n) is 1.76. The van der Waals surface area contributed by atoms with Gasteiger partial charge >= 0.3 is 0 Å².